The van der Waals surface area contributed by atoms with Crippen molar-refractivity contribution in [1.29, 1.82) is 0 Å². The Morgan fingerprint density at radius 3 is 2.68 bits per heavy atom. The van der Waals surface area contributed by atoms with Crippen molar-refractivity contribution >= 4 is 12.0 Å². The molecule has 1 aromatic rings. The van der Waals surface area contributed by atoms with Crippen LogP contribution in [-0.2, 0) is 11.2 Å². The maximum Gasteiger partial charge on any atom is 0.317 e. The summed E-state index contributed by atoms with van der Waals surface area (Å²) in [6, 6.07) is 8.48. The molecule has 5 nitrogen and oxygen atoms in total. The standard InChI is InChI=1S/C17H24N2O3/c1-2-13-5-7-14(8-6-13)15-4-3-11-19(12-15)17(22)18-10-9-16(20)21/h5-8,15H,2-4,9-12H2,1H3,(H,18,22)(H,20,21). The van der Waals surface area contributed by atoms with Gasteiger partial charge in [0.25, 0.3) is 0 Å². The Balaban J connectivity index is 1.90. The van der Waals surface area contributed by atoms with Crippen molar-refractivity contribution in [1.82, 2.24) is 10.2 Å². The Bertz CT molecular complexity index is 513. The highest BCUT2D eigenvalue weighted by atomic mass is 16.4. The largest absolute Gasteiger partial charge is 0.481 e. The maximum atomic E-state index is 12.1. The van der Waals surface area contributed by atoms with Gasteiger partial charge in [-0.2, -0.15) is 0 Å². The lowest BCUT2D eigenvalue weighted by molar-refractivity contribution is -0.136. The van der Waals surface area contributed by atoms with Crippen LogP contribution < -0.4 is 5.32 Å². The summed E-state index contributed by atoms with van der Waals surface area (Å²) in [4.78, 5) is 24.4. The quantitative estimate of drug-likeness (QED) is 0.878. The van der Waals surface area contributed by atoms with E-state index in [-0.39, 0.29) is 19.0 Å². The third-order valence-electron chi connectivity index (χ3n) is 4.18. The molecule has 0 bridgehead atoms. The van der Waals surface area contributed by atoms with Crippen molar-refractivity contribution in [2.45, 2.75) is 38.5 Å². The molecule has 1 heterocycles. The van der Waals surface area contributed by atoms with Crippen LogP contribution in [0.3, 0.4) is 0 Å². The van der Waals surface area contributed by atoms with Crippen LogP contribution in [0, 0.1) is 0 Å². The number of aliphatic carboxylic acids is 1. The topological polar surface area (TPSA) is 69.6 Å². The van der Waals surface area contributed by atoms with Gasteiger partial charge in [0.1, 0.15) is 0 Å². The molecular formula is C17H24N2O3. The van der Waals surface area contributed by atoms with Gasteiger partial charge >= 0.3 is 12.0 Å². The van der Waals surface area contributed by atoms with E-state index in [4.69, 9.17) is 5.11 Å². The van der Waals surface area contributed by atoms with Crippen molar-refractivity contribution in [3.05, 3.63) is 35.4 Å². The summed E-state index contributed by atoms with van der Waals surface area (Å²) in [7, 11) is 0. The second-order valence-corrected chi connectivity index (χ2v) is 5.76. The van der Waals surface area contributed by atoms with E-state index in [1.807, 2.05) is 0 Å². The average molecular weight is 304 g/mol. The first kappa shape index (κ1) is 16.3. The van der Waals surface area contributed by atoms with E-state index < -0.39 is 5.97 Å². The lowest BCUT2D eigenvalue weighted by Crippen LogP contribution is -2.45. The van der Waals surface area contributed by atoms with E-state index in [0.29, 0.717) is 12.5 Å². The molecule has 1 fully saturated rings. The number of likely N-dealkylation sites (tertiary alicyclic amines) is 1. The number of urea groups is 1. The fourth-order valence-electron chi connectivity index (χ4n) is 2.85. The number of carbonyl (C=O) groups excluding carboxylic acids is 1. The first-order valence-electron chi connectivity index (χ1n) is 7.93. The van der Waals surface area contributed by atoms with E-state index in [1.165, 1.54) is 11.1 Å². The molecule has 2 rings (SSSR count). The molecule has 0 aliphatic carbocycles. The molecule has 0 aromatic heterocycles. The second kappa shape index (κ2) is 7.82. The molecular weight excluding hydrogens is 280 g/mol. The molecule has 1 aliphatic rings. The minimum atomic E-state index is -0.896. The number of rotatable bonds is 5. The lowest BCUT2D eigenvalue weighted by Gasteiger charge is -2.33. The van der Waals surface area contributed by atoms with Crippen molar-refractivity contribution < 1.29 is 14.7 Å². The number of carboxylic acid groups (broad SMARTS) is 1. The van der Waals surface area contributed by atoms with Crippen LogP contribution in [0.5, 0.6) is 0 Å². The fourth-order valence-corrected chi connectivity index (χ4v) is 2.85. The smallest absolute Gasteiger partial charge is 0.317 e. The van der Waals surface area contributed by atoms with Gasteiger partial charge in [0.05, 0.1) is 6.42 Å². The van der Waals surface area contributed by atoms with E-state index >= 15 is 0 Å². The number of nitrogens with one attached hydrogen (secondary N) is 1. The number of hydrogen-bond acceptors (Lipinski definition) is 2. The average Bonchev–Trinajstić information content (AvgIpc) is 2.54. The molecule has 1 aromatic carbocycles. The highest BCUT2D eigenvalue weighted by Gasteiger charge is 2.24. The number of piperidine rings is 1. The van der Waals surface area contributed by atoms with E-state index in [9.17, 15) is 9.59 Å². The number of hydrogen-bond donors (Lipinski definition) is 2. The molecule has 0 spiro atoms. The number of carboxylic acids is 1. The molecule has 1 aliphatic heterocycles. The number of nitrogens with zero attached hydrogens (tertiary/aromatic N) is 1. The Kier molecular flexibility index (Phi) is 5.81. The first-order valence-corrected chi connectivity index (χ1v) is 7.93. The van der Waals surface area contributed by atoms with Crippen LogP contribution >= 0.6 is 0 Å². The highest BCUT2D eigenvalue weighted by molar-refractivity contribution is 5.75. The predicted octanol–water partition coefficient (Wildman–Crippen LogP) is 2.61. The second-order valence-electron chi connectivity index (χ2n) is 5.76. The van der Waals surface area contributed by atoms with Crippen molar-refractivity contribution in [3.8, 4) is 0 Å². The Morgan fingerprint density at radius 1 is 1.32 bits per heavy atom. The van der Waals surface area contributed by atoms with Gasteiger partial charge in [0.2, 0.25) is 0 Å². The summed E-state index contributed by atoms with van der Waals surface area (Å²) in [5.74, 6) is -0.530. The summed E-state index contributed by atoms with van der Waals surface area (Å²) >= 11 is 0. The molecule has 5 heteroatoms. The van der Waals surface area contributed by atoms with Gasteiger partial charge in [0, 0.05) is 25.6 Å². The number of aryl methyl sites for hydroxylation is 1. The minimum Gasteiger partial charge on any atom is -0.481 e. The van der Waals surface area contributed by atoms with Gasteiger partial charge in [-0.3, -0.25) is 4.79 Å². The van der Waals surface area contributed by atoms with E-state index in [1.54, 1.807) is 4.90 Å². The first-order chi connectivity index (χ1) is 10.6. The van der Waals surface area contributed by atoms with Gasteiger partial charge in [-0.15, -0.1) is 0 Å². The number of benzene rings is 1. The Hall–Kier alpha value is -2.04. The Labute approximate surface area is 131 Å². The van der Waals surface area contributed by atoms with Crippen LogP contribution in [0.1, 0.15) is 43.2 Å². The summed E-state index contributed by atoms with van der Waals surface area (Å²) in [6.07, 6.45) is 3.06. The van der Waals surface area contributed by atoms with Crippen molar-refractivity contribution in [2.75, 3.05) is 19.6 Å². The van der Waals surface area contributed by atoms with Crippen LogP contribution in [0.15, 0.2) is 24.3 Å². The van der Waals surface area contributed by atoms with Crippen molar-refractivity contribution in [3.63, 3.8) is 0 Å². The highest BCUT2D eigenvalue weighted by Crippen LogP contribution is 2.27. The predicted molar refractivity (Wildman–Crippen MR) is 85.0 cm³/mol. The number of carbonyl (C=O) groups is 2. The van der Waals surface area contributed by atoms with Crippen LogP contribution in [0.4, 0.5) is 4.79 Å². The van der Waals surface area contributed by atoms with Gasteiger partial charge in [-0.1, -0.05) is 31.2 Å². The molecule has 1 saturated heterocycles. The molecule has 1 unspecified atom stereocenters. The lowest BCUT2D eigenvalue weighted by atomic mass is 9.90. The molecule has 120 valence electrons. The zero-order chi connectivity index (χ0) is 15.9. The van der Waals surface area contributed by atoms with Crippen LogP contribution in [0.25, 0.3) is 0 Å². The SMILES string of the molecule is CCc1ccc(C2CCCN(C(=O)NCCC(=O)O)C2)cc1. The van der Waals surface area contributed by atoms with E-state index in [2.05, 4.69) is 36.5 Å². The van der Waals surface area contributed by atoms with Gasteiger partial charge < -0.3 is 15.3 Å². The Morgan fingerprint density at radius 2 is 2.05 bits per heavy atom. The van der Waals surface area contributed by atoms with Crippen LogP contribution in [0.2, 0.25) is 0 Å². The fraction of sp³-hybridized carbons (Fsp3) is 0.529. The zero-order valence-electron chi connectivity index (χ0n) is 13.0. The third kappa shape index (κ3) is 4.48. The van der Waals surface area contributed by atoms with Crippen molar-refractivity contribution in [2.24, 2.45) is 0 Å². The minimum absolute atomic E-state index is 0.0402. The van der Waals surface area contributed by atoms with Gasteiger partial charge in [-0.05, 0) is 30.4 Å². The monoisotopic (exact) mass is 304 g/mol. The van der Waals surface area contributed by atoms with E-state index in [0.717, 1.165) is 25.8 Å². The summed E-state index contributed by atoms with van der Waals surface area (Å²) in [6.45, 7) is 3.76. The molecule has 0 saturated carbocycles. The summed E-state index contributed by atoms with van der Waals surface area (Å²) < 4.78 is 0. The molecule has 2 amide bonds. The van der Waals surface area contributed by atoms with Crippen LogP contribution in [-0.4, -0.2) is 41.6 Å². The normalized spacial score (nSPS) is 18.0. The molecule has 2 N–H and O–H groups in total. The summed E-state index contributed by atoms with van der Waals surface area (Å²) in [5, 5.41) is 11.3. The zero-order valence-corrected chi connectivity index (χ0v) is 13.0. The third-order valence-corrected chi connectivity index (χ3v) is 4.18. The molecule has 0 radical (unpaired) electrons. The van der Waals surface area contributed by atoms with Gasteiger partial charge in [0.15, 0.2) is 0 Å². The number of amides is 2. The maximum absolute atomic E-state index is 12.1. The molecule has 22 heavy (non-hydrogen) atoms. The molecule has 1 atom stereocenters. The van der Waals surface area contributed by atoms with Gasteiger partial charge in [-0.25, -0.2) is 4.79 Å². The summed E-state index contributed by atoms with van der Waals surface area (Å²) in [5.41, 5.74) is 2.60.